The molecule has 0 unspecified atom stereocenters. The molecule has 0 amide bonds. The maximum atomic E-state index is 12.8. The number of oxime groups is 1. The number of benzene rings is 1. The summed E-state index contributed by atoms with van der Waals surface area (Å²) in [6.45, 7) is -0.434. The minimum atomic E-state index is -4.47. The lowest BCUT2D eigenvalue weighted by atomic mass is 10.1. The molecule has 1 aromatic carbocycles. The van der Waals surface area contributed by atoms with Gasteiger partial charge in [0.05, 0.1) is 24.9 Å². The second kappa shape index (κ2) is 8.74. The Balaban J connectivity index is 1.74. The van der Waals surface area contributed by atoms with Gasteiger partial charge in [-0.2, -0.15) is 17.5 Å². The summed E-state index contributed by atoms with van der Waals surface area (Å²) in [6, 6.07) is 6.50. The SMILES string of the molecule is COC(=O)[C@H]1C/C(=N\OCc2cccc(C(F)(F)F)c2)CN1S(=O)(=O)c1cccs1. The first-order valence-corrected chi connectivity index (χ1v) is 10.9. The summed E-state index contributed by atoms with van der Waals surface area (Å²) in [5.41, 5.74) is -0.298. The van der Waals surface area contributed by atoms with Crippen molar-refractivity contribution in [3.63, 3.8) is 0 Å². The molecule has 0 N–H and O–H groups in total. The van der Waals surface area contributed by atoms with Gasteiger partial charge in [-0.05, 0) is 29.1 Å². The van der Waals surface area contributed by atoms with E-state index in [9.17, 15) is 26.4 Å². The van der Waals surface area contributed by atoms with Crippen LogP contribution in [-0.2, 0) is 37.2 Å². The van der Waals surface area contributed by atoms with Gasteiger partial charge in [-0.25, -0.2) is 8.42 Å². The van der Waals surface area contributed by atoms with Crippen LogP contribution in [-0.4, -0.2) is 44.1 Å². The number of hydrogen-bond donors (Lipinski definition) is 0. The topological polar surface area (TPSA) is 85.3 Å². The summed E-state index contributed by atoms with van der Waals surface area (Å²) in [6.07, 6.45) is -4.52. The van der Waals surface area contributed by atoms with Crippen LogP contribution in [0, 0.1) is 0 Å². The first-order valence-electron chi connectivity index (χ1n) is 8.60. The van der Waals surface area contributed by atoms with Crippen LogP contribution in [0.15, 0.2) is 51.1 Å². The quantitative estimate of drug-likeness (QED) is 0.486. The standard InChI is InChI=1S/C18H17F3N2O5S2/c1-27-17(24)15-9-14(10-23(15)30(25,26)16-6-3-7-29-16)22-28-11-12-4-2-5-13(8-12)18(19,20)21/h2-8,15H,9-11H2,1H3/b22-14+/t15-/m1/s1. The number of thiophene rings is 1. The highest BCUT2D eigenvalue weighted by Crippen LogP contribution is 2.30. The molecule has 2 aromatic rings. The first-order chi connectivity index (χ1) is 14.1. The fourth-order valence-electron chi connectivity index (χ4n) is 2.90. The van der Waals surface area contributed by atoms with Crippen molar-refractivity contribution < 1.29 is 36.0 Å². The lowest BCUT2D eigenvalue weighted by Crippen LogP contribution is -2.40. The molecule has 1 saturated heterocycles. The van der Waals surface area contributed by atoms with Gasteiger partial charge < -0.3 is 9.57 Å². The highest BCUT2D eigenvalue weighted by molar-refractivity contribution is 7.91. The zero-order valence-corrected chi connectivity index (χ0v) is 17.3. The minimum absolute atomic E-state index is 0.0418. The molecular weight excluding hydrogens is 445 g/mol. The average molecular weight is 462 g/mol. The van der Waals surface area contributed by atoms with E-state index in [1.54, 1.807) is 11.4 Å². The van der Waals surface area contributed by atoms with Crippen LogP contribution in [0.1, 0.15) is 17.5 Å². The van der Waals surface area contributed by atoms with Gasteiger partial charge in [-0.1, -0.05) is 23.4 Å². The number of halogens is 3. The van der Waals surface area contributed by atoms with E-state index in [-0.39, 0.29) is 35.1 Å². The number of carbonyl (C=O) groups is 1. The van der Waals surface area contributed by atoms with Crippen LogP contribution < -0.4 is 0 Å². The van der Waals surface area contributed by atoms with Crippen molar-refractivity contribution in [1.29, 1.82) is 0 Å². The molecule has 162 valence electrons. The zero-order chi connectivity index (χ0) is 21.9. The van der Waals surface area contributed by atoms with Crippen molar-refractivity contribution in [1.82, 2.24) is 4.31 Å². The smallest absolute Gasteiger partial charge is 0.416 e. The van der Waals surface area contributed by atoms with E-state index in [4.69, 9.17) is 9.57 Å². The molecule has 1 aromatic heterocycles. The average Bonchev–Trinajstić information content (AvgIpc) is 3.38. The third kappa shape index (κ3) is 4.82. The van der Waals surface area contributed by atoms with Crippen LogP contribution >= 0.6 is 11.3 Å². The van der Waals surface area contributed by atoms with Crippen molar-refractivity contribution in [2.24, 2.45) is 5.16 Å². The van der Waals surface area contributed by atoms with Gasteiger partial charge in [-0.15, -0.1) is 11.3 Å². The maximum Gasteiger partial charge on any atom is 0.416 e. The molecule has 30 heavy (non-hydrogen) atoms. The molecule has 1 aliphatic heterocycles. The Labute approximate surface area is 174 Å². The van der Waals surface area contributed by atoms with Crippen LogP contribution in [0.4, 0.5) is 13.2 Å². The summed E-state index contributed by atoms with van der Waals surface area (Å²) in [4.78, 5) is 17.2. The Bertz CT molecular complexity index is 1040. The summed E-state index contributed by atoms with van der Waals surface area (Å²) in [7, 11) is -2.79. The molecule has 7 nitrogen and oxygen atoms in total. The summed E-state index contributed by atoms with van der Waals surface area (Å²) >= 11 is 1.01. The number of nitrogens with zero attached hydrogens (tertiary/aromatic N) is 2. The number of ether oxygens (including phenoxy) is 1. The number of hydrogen-bond acceptors (Lipinski definition) is 7. The number of rotatable bonds is 6. The van der Waals surface area contributed by atoms with E-state index in [2.05, 4.69) is 5.16 Å². The Morgan fingerprint density at radius 1 is 1.30 bits per heavy atom. The molecule has 0 bridgehead atoms. The fraction of sp³-hybridized carbons (Fsp3) is 0.333. The molecule has 0 spiro atoms. The van der Waals surface area contributed by atoms with Crippen molar-refractivity contribution in [2.75, 3.05) is 13.7 Å². The Kier molecular flexibility index (Phi) is 6.48. The first kappa shape index (κ1) is 22.2. The van der Waals surface area contributed by atoms with Gasteiger partial charge in [0.2, 0.25) is 0 Å². The number of carbonyl (C=O) groups excluding carboxylic acids is 1. The van der Waals surface area contributed by atoms with Gasteiger partial charge in [0, 0.05) is 6.42 Å². The van der Waals surface area contributed by atoms with Gasteiger partial charge in [0.1, 0.15) is 16.9 Å². The van der Waals surface area contributed by atoms with Crippen LogP contribution in [0.5, 0.6) is 0 Å². The third-order valence-electron chi connectivity index (χ3n) is 4.33. The summed E-state index contributed by atoms with van der Waals surface area (Å²) in [5, 5.41) is 5.45. The highest BCUT2D eigenvalue weighted by Gasteiger charge is 2.44. The molecular formula is C18H17F3N2O5S2. The molecule has 1 atom stereocenters. The van der Waals surface area contributed by atoms with E-state index < -0.39 is 33.8 Å². The summed E-state index contributed by atoms with van der Waals surface area (Å²) in [5.74, 6) is -0.738. The normalized spacial score (nSPS) is 19.2. The van der Waals surface area contributed by atoms with Gasteiger partial charge in [0.25, 0.3) is 10.0 Å². The molecule has 0 radical (unpaired) electrons. The van der Waals surface area contributed by atoms with E-state index in [0.717, 1.165) is 34.9 Å². The number of sulfonamides is 1. The van der Waals surface area contributed by atoms with Gasteiger partial charge in [-0.3, -0.25) is 4.79 Å². The lowest BCUT2D eigenvalue weighted by Gasteiger charge is -2.20. The number of esters is 1. The molecule has 12 heteroatoms. The second-order valence-electron chi connectivity index (χ2n) is 6.35. The molecule has 3 rings (SSSR count). The monoisotopic (exact) mass is 462 g/mol. The van der Waals surface area contributed by atoms with Crippen LogP contribution in [0.25, 0.3) is 0 Å². The predicted octanol–water partition coefficient (Wildman–Crippen LogP) is 3.28. The Hall–Kier alpha value is -2.44. The lowest BCUT2D eigenvalue weighted by molar-refractivity contribution is -0.144. The fourth-order valence-corrected chi connectivity index (χ4v) is 5.58. The van der Waals surface area contributed by atoms with Gasteiger partial charge >= 0.3 is 12.1 Å². The van der Waals surface area contributed by atoms with E-state index >= 15 is 0 Å². The molecule has 1 fully saturated rings. The predicted molar refractivity (Wildman–Crippen MR) is 102 cm³/mol. The number of alkyl halides is 3. The summed E-state index contributed by atoms with van der Waals surface area (Å²) < 4.78 is 69.8. The second-order valence-corrected chi connectivity index (χ2v) is 9.42. The molecule has 0 saturated carbocycles. The molecule has 2 heterocycles. The molecule has 0 aliphatic carbocycles. The van der Waals surface area contributed by atoms with E-state index in [0.29, 0.717) is 0 Å². The molecule has 1 aliphatic rings. The van der Waals surface area contributed by atoms with Gasteiger partial charge in [0.15, 0.2) is 0 Å². The maximum absolute atomic E-state index is 12.8. The zero-order valence-electron chi connectivity index (χ0n) is 15.6. The minimum Gasteiger partial charge on any atom is -0.468 e. The van der Waals surface area contributed by atoms with Crippen LogP contribution in [0.3, 0.4) is 0 Å². The number of methoxy groups -OCH3 is 1. The van der Waals surface area contributed by atoms with Crippen molar-refractivity contribution >= 4 is 33.0 Å². The van der Waals surface area contributed by atoms with E-state index in [1.165, 1.54) is 18.2 Å². The van der Waals surface area contributed by atoms with Crippen molar-refractivity contribution in [2.45, 2.75) is 29.5 Å². The Morgan fingerprint density at radius 3 is 2.70 bits per heavy atom. The van der Waals surface area contributed by atoms with Crippen molar-refractivity contribution in [3.8, 4) is 0 Å². The highest BCUT2D eigenvalue weighted by atomic mass is 32.2. The van der Waals surface area contributed by atoms with Crippen molar-refractivity contribution in [3.05, 3.63) is 52.9 Å². The third-order valence-corrected chi connectivity index (χ3v) is 7.55. The largest absolute Gasteiger partial charge is 0.468 e. The Morgan fingerprint density at radius 2 is 2.07 bits per heavy atom. The van der Waals surface area contributed by atoms with E-state index in [1.807, 2.05) is 0 Å². The van der Waals surface area contributed by atoms with Crippen LogP contribution in [0.2, 0.25) is 0 Å².